The molecule has 1 saturated heterocycles. The van der Waals surface area contributed by atoms with Gasteiger partial charge < -0.3 is 10.1 Å². The second-order valence-electron chi connectivity index (χ2n) is 3.89. The Balaban J connectivity index is 1.76. The van der Waals surface area contributed by atoms with Crippen LogP contribution in [0.1, 0.15) is 18.4 Å². The summed E-state index contributed by atoms with van der Waals surface area (Å²) in [6, 6.07) is 9.71. The Morgan fingerprint density at radius 2 is 2.24 bits per heavy atom. The van der Waals surface area contributed by atoms with Crippen LogP contribution in [0.5, 0.6) is 0 Å². The van der Waals surface area contributed by atoms with Gasteiger partial charge in [-0.2, -0.15) is 0 Å². The summed E-state index contributed by atoms with van der Waals surface area (Å²) in [5, 5.41) is 2.76. The third kappa shape index (κ3) is 3.61. The lowest BCUT2D eigenvalue weighted by molar-refractivity contribution is -0.129. The second-order valence-corrected chi connectivity index (χ2v) is 3.89. The highest BCUT2D eigenvalue weighted by atomic mass is 16.5. The summed E-state index contributed by atoms with van der Waals surface area (Å²) < 4.78 is 5.27. The Bertz CT molecular complexity index is 425. The molecule has 3 heteroatoms. The van der Waals surface area contributed by atoms with Gasteiger partial charge in [0.05, 0.1) is 6.54 Å². The van der Waals surface area contributed by atoms with Crippen LogP contribution in [0, 0.1) is 11.8 Å². The molecule has 3 nitrogen and oxygen atoms in total. The smallest absolute Gasteiger partial charge is 0.249 e. The van der Waals surface area contributed by atoms with Crippen molar-refractivity contribution in [3.05, 3.63) is 35.9 Å². The molecule has 0 unspecified atom stereocenters. The summed E-state index contributed by atoms with van der Waals surface area (Å²) in [4.78, 5) is 11.6. The molecule has 0 bridgehead atoms. The molecule has 0 saturated carbocycles. The molecule has 0 aliphatic carbocycles. The van der Waals surface area contributed by atoms with Crippen molar-refractivity contribution in [2.24, 2.45) is 0 Å². The molecule has 88 valence electrons. The van der Waals surface area contributed by atoms with Gasteiger partial charge in [0.25, 0.3) is 0 Å². The Morgan fingerprint density at radius 3 is 2.94 bits per heavy atom. The first-order valence-corrected chi connectivity index (χ1v) is 5.79. The third-order valence-corrected chi connectivity index (χ3v) is 2.58. The standard InChI is InChI=1S/C14H15NO2/c16-14(13-9-5-11-17-13)15-10-4-8-12-6-2-1-3-7-12/h1-3,6-7,13H,5,9-11H2,(H,15,16)/t13-/m0/s1. The first kappa shape index (κ1) is 11.7. The number of rotatable bonds is 2. The first-order valence-electron chi connectivity index (χ1n) is 5.79. The van der Waals surface area contributed by atoms with Gasteiger partial charge in [0.1, 0.15) is 6.10 Å². The normalized spacial score (nSPS) is 18.2. The second kappa shape index (κ2) is 6.07. The summed E-state index contributed by atoms with van der Waals surface area (Å²) in [6.07, 6.45) is 1.51. The lowest BCUT2D eigenvalue weighted by atomic mass is 10.2. The van der Waals surface area contributed by atoms with Crippen LogP contribution in [-0.4, -0.2) is 25.2 Å². The summed E-state index contributed by atoms with van der Waals surface area (Å²) in [6.45, 7) is 1.06. The van der Waals surface area contributed by atoms with Crippen molar-refractivity contribution in [3.8, 4) is 11.8 Å². The van der Waals surface area contributed by atoms with Crippen LogP contribution in [-0.2, 0) is 9.53 Å². The van der Waals surface area contributed by atoms with Crippen molar-refractivity contribution in [2.75, 3.05) is 13.2 Å². The molecule has 17 heavy (non-hydrogen) atoms. The predicted molar refractivity (Wildman–Crippen MR) is 65.3 cm³/mol. The van der Waals surface area contributed by atoms with Crippen molar-refractivity contribution >= 4 is 5.91 Å². The highest BCUT2D eigenvalue weighted by Crippen LogP contribution is 2.11. The number of hydrogen-bond donors (Lipinski definition) is 1. The van der Waals surface area contributed by atoms with Crippen LogP contribution in [0.3, 0.4) is 0 Å². The zero-order chi connectivity index (χ0) is 11.9. The molecule has 1 fully saturated rings. The molecule has 0 radical (unpaired) electrons. The number of carbonyl (C=O) groups is 1. The number of ether oxygens (including phenoxy) is 1. The molecule has 1 aromatic rings. The molecule has 1 atom stereocenters. The topological polar surface area (TPSA) is 38.3 Å². The van der Waals surface area contributed by atoms with Crippen LogP contribution >= 0.6 is 0 Å². The van der Waals surface area contributed by atoms with Crippen molar-refractivity contribution in [3.63, 3.8) is 0 Å². The average Bonchev–Trinajstić information content (AvgIpc) is 2.89. The van der Waals surface area contributed by atoms with Crippen molar-refractivity contribution < 1.29 is 9.53 Å². The van der Waals surface area contributed by atoms with Gasteiger partial charge in [-0.25, -0.2) is 0 Å². The maximum Gasteiger partial charge on any atom is 0.249 e. The number of amides is 1. The average molecular weight is 229 g/mol. The Kier molecular flexibility index (Phi) is 4.17. The minimum Gasteiger partial charge on any atom is -0.368 e. The van der Waals surface area contributed by atoms with Crippen LogP contribution in [0.2, 0.25) is 0 Å². The number of carbonyl (C=O) groups excluding carboxylic acids is 1. The van der Waals surface area contributed by atoms with E-state index < -0.39 is 0 Å². The van der Waals surface area contributed by atoms with Crippen LogP contribution < -0.4 is 5.32 Å². The fourth-order valence-corrected chi connectivity index (χ4v) is 1.70. The van der Waals surface area contributed by atoms with E-state index in [0.29, 0.717) is 13.2 Å². The fraction of sp³-hybridized carbons (Fsp3) is 0.357. The summed E-state index contributed by atoms with van der Waals surface area (Å²) in [7, 11) is 0. The van der Waals surface area contributed by atoms with E-state index in [4.69, 9.17) is 4.74 Å². The van der Waals surface area contributed by atoms with Crippen molar-refractivity contribution in [1.29, 1.82) is 0 Å². The number of nitrogens with one attached hydrogen (secondary N) is 1. The van der Waals surface area contributed by atoms with Crippen LogP contribution in [0.4, 0.5) is 0 Å². The van der Waals surface area contributed by atoms with E-state index >= 15 is 0 Å². The molecule has 1 aliphatic rings. The molecule has 1 aromatic carbocycles. The highest BCUT2D eigenvalue weighted by Gasteiger charge is 2.22. The van der Waals surface area contributed by atoms with Gasteiger partial charge in [0, 0.05) is 12.2 Å². The van der Waals surface area contributed by atoms with E-state index in [1.165, 1.54) is 0 Å². The molecule has 1 aliphatic heterocycles. The summed E-state index contributed by atoms with van der Waals surface area (Å²) >= 11 is 0. The van der Waals surface area contributed by atoms with E-state index in [9.17, 15) is 4.79 Å². The maximum absolute atomic E-state index is 11.6. The molecular weight excluding hydrogens is 214 g/mol. The van der Waals surface area contributed by atoms with Crippen molar-refractivity contribution in [2.45, 2.75) is 18.9 Å². The van der Waals surface area contributed by atoms with E-state index in [1.807, 2.05) is 30.3 Å². The molecule has 0 aromatic heterocycles. The van der Waals surface area contributed by atoms with E-state index in [-0.39, 0.29) is 12.0 Å². The summed E-state index contributed by atoms with van der Waals surface area (Å²) in [5.41, 5.74) is 0.957. The molecule has 1 N–H and O–H groups in total. The zero-order valence-corrected chi connectivity index (χ0v) is 9.61. The lowest BCUT2D eigenvalue weighted by Gasteiger charge is -2.07. The number of benzene rings is 1. The first-order chi connectivity index (χ1) is 8.36. The van der Waals surface area contributed by atoms with Crippen LogP contribution in [0.15, 0.2) is 30.3 Å². The van der Waals surface area contributed by atoms with Gasteiger partial charge in [-0.15, -0.1) is 0 Å². The van der Waals surface area contributed by atoms with E-state index in [1.54, 1.807) is 0 Å². The summed E-state index contributed by atoms with van der Waals surface area (Å²) in [5.74, 6) is 5.85. The fourth-order valence-electron chi connectivity index (χ4n) is 1.70. The van der Waals surface area contributed by atoms with E-state index in [2.05, 4.69) is 17.2 Å². The molecule has 0 spiro atoms. The van der Waals surface area contributed by atoms with Crippen molar-refractivity contribution in [1.82, 2.24) is 5.32 Å². The molecule has 1 amide bonds. The largest absolute Gasteiger partial charge is 0.368 e. The predicted octanol–water partition coefficient (Wildman–Crippen LogP) is 1.33. The monoisotopic (exact) mass is 229 g/mol. The lowest BCUT2D eigenvalue weighted by Crippen LogP contribution is -2.34. The van der Waals surface area contributed by atoms with Gasteiger partial charge in [0.15, 0.2) is 0 Å². The molecule has 1 heterocycles. The quantitative estimate of drug-likeness (QED) is 0.777. The Hall–Kier alpha value is -1.79. The molecular formula is C14H15NO2. The minimum atomic E-state index is -0.270. The van der Waals surface area contributed by atoms with E-state index in [0.717, 1.165) is 18.4 Å². The minimum absolute atomic E-state index is 0.0511. The Labute approximate surface area is 101 Å². The SMILES string of the molecule is O=C(NCC#Cc1ccccc1)[C@@H]1CCCO1. The van der Waals surface area contributed by atoms with Gasteiger partial charge in [0.2, 0.25) is 5.91 Å². The zero-order valence-electron chi connectivity index (χ0n) is 9.61. The maximum atomic E-state index is 11.6. The van der Waals surface area contributed by atoms with Crippen LogP contribution in [0.25, 0.3) is 0 Å². The Morgan fingerprint density at radius 1 is 1.41 bits per heavy atom. The van der Waals surface area contributed by atoms with Gasteiger partial charge in [-0.3, -0.25) is 4.79 Å². The third-order valence-electron chi connectivity index (χ3n) is 2.58. The van der Waals surface area contributed by atoms with Gasteiger partial charge in [-0.05, 0) is 25.0 Å². The number of hydrogen-bond acceptors (Lipinski definition) is 2. The van der Waals surface area contributed by atoms with Gasteiger partial charge >= 0.3 is 0 Å². The highest BCUT2D eigenvalue weighted by molar-refractivity contribution is 5.81. The van der Waals surface area contributed by atoms with Gasteiger partial charge in [-0.1, -0.05) is 30.0 Å². The molecule has 2 rings (SSSR count).